The molecule has 0 spiro atoms. The number of piperidine rings is 1. The summed E-state index contributed by atoms with van der Waals surface area (Å²) in [5.74, 6) is 0.805. The predicted octanol–water partition coefficient (Wildman–Crippen LogP) is 0.241. The van der Waals surface area contributed by atoms with E-state index in [2.05, 4.69) is 15.0 Å². The smallest absolute Gasteiger partial charge is 0.272 e. The van der Waals surface area contributed by atoms with Gasteiger partial charge in [-0.2, -0.15) is 0 Å². The summed E-state index contributed by atoms with van der Waals surface area (Å²) in [7, 11) is 1.88. The van der Waals surface area contributed by atoms with Gasteiger partial charge in [0.1, 0.15) is 0 Å². The molecule has 2 saturated heterocycles. The maximum atomic E-state index is 12.3. The zero-order valence-electron chi connectivity index (χ0n) is 13.5. The summed E-state index contributed by atoms with van der Waals surface area (Å²) in [5, 5.41) is 2.98. The number of hydrogen-bond donors (Lipinski definition) is 1. The molecule has 4 rings (SSSR count). The Hall–Kier alpha value is -2.15. The highest BCUT2D eigenvalue weighted by Gasteiger charge is 2.41. The second kappa shape index (κ2) is 5.19. The monoisotopic (exact) mass is 315 g/mol. The fraction of sp³-hybridized carbons (Fsp3) is 0.562. The number of fused-ring (bicyclic) bond motifs is 2. The fourth-order valence-electron chi connectivity index (χ4n) is 3.89. The summed E-state index contributed by atoms with van der Waals surface area (Å²) < 4.78 is 1.46. The number of nitrogens with zero attached hydrogens (tertiary/aromatic N) is 4. The molecular formula is C16H21N5O2. The van der Waals surface area contributed by atoms with Gasteiger partial charge in [0.2, 0.25) is 5.91 Å². The molecule has 1 N–H and O–H groups in total. The average Bonchev–Trinajstić information content (AvgIpc) is 3.06. The zero-order chi connectivity index (χ0) is 16.1. The van der Waals surface area contributed by atoms with Crippen LogP contribution in [0.3, 0.4) is 0 Å². The highest BCUT2D eigenvalue weighted by atomic mass is 16.2. The van der Waals surface area contributed by atoms with Gasteiger partial charge >= 0.3 is 0 Å². The molecule has 2 aromatic rings. The summed E-state index contributed by atoms with van der Waals surface area (Å²) in [4.78, 5) is 33.1. The molecule has 1 amide bonds. The first-order valence-electron chi connectivity index (χ1n) is 8.07. The van der Waals surface area contributed by atoms with E-state index in [-0.39, 0.29) is 17.4 Å². The number of hydrogen-bond acceptors (Lipinski definition) is 4. The van der Waals surface area contributed by atoms with Gasteiger partial charge in [0, 0.05) is 51.1 Å². The first-order valence-corrected chi connectivity index (χ1v) is 8.07. The van der Waals surface area contributed by atoms with Crippen LogP contribution in [0.15, 0.2) is 16.9 Å². The minimum absolute atomic E-state index is 0.0921. The fourth-order valence-corrected chi connectivity index (χ4v) is 3.89. The molecule has 0 saturated carbocycles. The Kier molecular flexibility index (Phi) is 3.26. The summed E-state index contributed by atoms with van der Waals surface area (Å²) in [6, 6.07) is 3.45. The number of rotatable bonds is 2. The Morgan fingerprint density at radius 3 is 2.96 bits per heavy atom. The number of likely N-dealkylation sites (tertiary alicyclic amines) is 2. The molecule has 0 unspecified atom stereocenters. The number of amides is 1. The lowest BCUT2D eigenvalue weighted by molar-refractivity contribution is -0.137. The lowest BCUT2D eigenvalue weighted by atomic mass is 9.88. The molecule has 2 aromatic heterocycles. The van der Waals surface area contributed by atoms with Gasteiger partial charge in [0.15, 0.2) is 5.65 Å². The Labute approximate surface area is 133 Å². The molecule has 7 nitrogen and oxygen atoms in total. The van der Waals surface area contributed by atoms with Gasteiger partial charge in [-0.1, -0.05) is 0 Å². The lowest BCUT2D eigenvalue weighted by Gasteiger charge is -2.30. The minimum Gasteiger partial charge on any atom is -0.345 e. The van der Waals surface area contributed by atoms with Crippen molar-refractivity contribution in [3.05, 3.63) is 33.9 Å². The van der Waals surface area contributed by atoms with Crippen LogP contribution in [0.5, 0.6) is 0 Å². The van der Waals surface area contributed by atoms with Gasteiger partial charge in [0.25, 0.3) is 5.56 Å². The lowest BCUT2D eigenvalue weighted by Crippen LogP contribution is -2.42. The van der Waals surface area contributed by atoms with Crippen molar-refractivity contribution >= 4 is 11.6 Å². The first-order chi connectivity index (χ1) is 11.0. The summed E-state index contributed by atoms with van der Waals surface area (Å²) >= 11 is 0. The second-order valence-electron chi connectivity index (χ2n) is 6.83. The average molecular weight is 315 g/mol. The van der Waals surface area contributed by atoms with Crippen LogP contribution in [0.2, 0.25) is 0 Å². The molecule has 2 aliphatic rings. The molecule has 2 fully saturated rings. The van der Waals surface area contributed by atoms with E-state index < -0.39 is 0 Å². The van der Waals surface area contributed by atoms with E-state index in [0.29, 0.717) is 18.1 Å². The number of carbonyl (C=O) groups is 1. The van der Waals surface area contributed by atoms with Crippen molar-refractivity contribution in [3.63, 3.8) is 0 Å². The van der Waals surface area contributed by atoms with Gasteiger partial charge in [-0.25, -0.2) is 9.50 Å². The van der Waals surface area contributed by atoms with E-state index in [0.717, 1.165) is 37.4 Å². The quantitative estimate of drug-likeness (QED) is 0.862. The van der Waals surface area contributed by atoms with Crippen LogP contribution in [0.4, 0.5) is 0 Å². The van der Waals surface area contributed by atoms with Gasteiger partial charge in [-0.05, 0) is 19.3 Å². The molecule has 0 aliphatic carbocycles. The Morgan fingerprint density at radius 2 is 2.13 bits per heavy atom. The Morgan fingerprint density at radius 1 is 1.30 bits per heavy atom. The third-order valence-electron chi connectivity index (χ3n) is 5.06. The van der Waals surface area contributed by atoms with Crippen molar-refractivity contribution in [2.45, 2.75) is 19.9 Å². The normalized spacial score (nSPS) is 25.3. The van der Waals surface area contributed by atoms with Crippen LogP contribution in [0.25, 0.3) is 5.65 Å². The Bertz CT molecular complexity index is 823. The van der Waals surface area contributed by atoms with Crippen LogP contribution in [-0.2, 0) is 11.3 Å². The maximum Gasteiger partial charge on any atom is 0.272 e. The molecule has 7 heteroatoms. The Balaban J connectivity index is 1.55. The van der Waals surface area contributed by atoms with E-state index in [1.165, 1.54) is 4.52 Å². The van der Waals surface area contributed by atoms with Crippen LogP contribution < -0.4 is 5.56 Å². The maximum absolute atomic E-state index is 12.3. The number of aromatic nitrogens is 3. The molecule has 0 bridgehead atoms. The number of carbonyl (C=O) groups excluding carboxylic acids is 1. The second-order valence-corrected chi connectivity index (χ2v) is 6.83. The van der Waals surface area contributed by atoms with E-state index in [1.807, 2.05) is 24.9 Å². The molecule has 23 heavy (non-hydrogen) atoms. The topological polar surface area (TPSA) is 73.7 Å². The van der Waals surface area contributed by atoms with Gasteiger partial charge in [-0.3, -0.25) is 19.6 Å². The highest BCUT2D eigenvalue weighted by Crippen LogP contribution is 2.32. The van der Waals surface area contributed by atoms with Crippen LogP contribution in [0, 0.1) is 18.8 Å². The van der Waals surface area contributed by atoms with Crippen molar-refractivity contribution in [3.8, 4) is 0 Å². The summed E-state index contributed by atoms with van der Waals surface area (Å²) in [6.45, 7) is 5.06. The van der Waals surface area contributed by atoms with E-state index >= 15 is 0 Å². The van der Waals surface area contributed by atoms with Gasteiger partial charge in [-0.15, -0.1) is 0 Å². The SMILES string of the molecule is Cc1cc2nc(CN3C[C@H]4CCN(C)C(=O)[C@H]4C3)cc(=O)n2[nH]1. The molecular weight excluding hydrogens is 294 g/mol. The van der Waals surface area contributed by atoms with Crippen LogP contribution in [-0.4, -0.2) is 57.0 Å². The number of aryl methyl sites for hydroxylation is 1. The third kappa shape index (κ3) is 2.45. The largest absolute Gasteiger partial charge is 0.345 e. The van der Waals surface area contributed by atoms with Crippen molar-refractivity contribution in [1.29, 1.82) is 0 Å². The van der Waals surface area contributed by atoms with E-state index in [9.17, 15) is 9.59 Å². The van der Waals surface area contributed by atoms with Crippen molar-refractivity contribution in [2.75, 3.05) is 26.7 Å². The van der Waals surface area contributed by atoms with Gasteiger partial charge < -0.3 is 4.90 Å². The number of H-pyrrole nitrogens is 1. The standard InChI is InChI=1S/C16H21N5O2/c1-10-5-14-17-12(6-15(22)21(14)18-10)8-20-7-11-3-4-19(2)16(23)13(11)9-20/h5-6,11,13,18H,3-4,7-9H2,1-2H3/t11-,13+/m1/s1. The minimum atomic E-state index is -0.0921. The van der Waals surface area contributed by atoms with Crippen molar-refractivity contribution in [1.82, 2.24) is 24.4 Å². The molecule has 4 heterocycles. The van der Waals surface area contributed by atoms with Crippen molar-refractivity contribution < 1.29 is 4.79 Å². The molecule has 122 valence electrons. The first kappa shape index (κ1) is 14.4. The van der Waals surface area contributed by atoms with E-state index in [1.54, 1.807) is 6.07 Å². The van der Waals surface area contributed by atoms with Gasteiger partial charge in [0.05, 0.1) is 11.6 Å². The molecule has 0 aromatic carbocycles. The van der Waals surface area contributed by atoms with Crippen LogP contribution >= 0.6 is 0 Å². The van der Waals surface area contributed by atoms with Crippen LogP contribution in [0.1, 0.15) is 17.8 Å². The summed E-state index contributed by atoms with van der Waals surface area (Å²) in [6.07, 6.45) is 1.07. The summed E-state index contributed by atoms with van der Waals surface area (Å²) in [5.41, 5.74) is 2.24. The number of aromatic amines is 1. The van der Waals surface area contributed by atoms with E-state index in [4.69, 9.17) is 0 Å². The predicted molar refractivity (Wildman–Crippen MR) is 85.1 cm³/mol. The van der Waals surface area contributed by atoms with Crippen molar-refractivity contribution in [2.24, 2.45) is 11.8 Å². The molecule has 0 radical (unpaired) electrons. The third-order valence-corrected chi connectivity index (χ3v) is 5.06. The molecule has 2 aliphatic heterocycles. The number of nitrogens with one attached hydrogen (secondary N) is 1. The zero-order valence-corrected chi connectivity index (χ0v) is 13.5. The molecule has 2 atom stereocenters. The highest BCUT2D eigenvalue weighted by molar-refractivity contribution is 5.80.